The molecule has 0 saturated carbocycles. The first-order valence-electron chi connectivity index (χ1n) is 19.3. The fraction of sp³-hybridized carbons (Fsp3) is 0.0851. The Balaban J connectivity index is 0.000000171. The summed E-state index contributed by atoms with van der Waals surface area (Å²) in [5.41, 5.74) is 5.55. The predicted molar refractivity (Wildman–Crippen MR) is 237 cm³/mol. The van der Waals surface area contributed by atoms with Crippen LogP contribution in [0.4, 0.5) is 20.7 Å². The number of nitrogens with zero attached hydrogens (tertiary/aromatic N) is 9. The molecule has 0 spiro atoms. The minimum Gasteiger partial charge on any atom is -0.348 e. The van der Waals surface area contributed by atoms with Gasteiger partial charge in [0, 0.05) is 53.9 Å². The molecule has 0 saturated heterocycles. The summed E-state index contributed by atoms with van der Waals surface area (Å²) in [4.78, 5) is 31.5. The molecular formula is C47H38BrF2N11. The van der Waals surface area contributed by atoms with Crippen molar-refractivity contribution in [2.45, 2.75) is 25.9 Å². The maximum Gasteiger partial charge on any atom is 0.225 e. The summed E-state index contributed by atoms with van der Waals surface area (Å²) < 4.78 is 31.2. The van der Waals surface area contributed by atoms with Crippen LogP contribution in [0.3, 0.4) is 0 Å². The van der Waals surface area contributed by atoms with Crippen molar-refractivity contribution < 1.29 is 8.78 Å². The molecule has 0 fully saturated rings. The number of hydrogen-bond donors (Lipinski definition) is 2. The fourth-order valence-corrected chi connectivity index (χ4v) is 6.86. The number of rotatable bonds is 11. The van der Waals surface area contributed by atoms with Gasteiger partial charge in [-0.2, -0.15) is 9.97 Å². The molecule has 2 atom stereocenters. The van der Waals surface area contributed by atoms with Crippen LogP contribution in [-0.2, 0) is 0 Å². The minimum atomic E-state index is -0.297. The molecule has 14 heteroatoms. The summed E-state index contributed by atoms with van der Waals surface area (Å²) in [7, 11) is 0. The molecule has 0 bridgehead atoms. The lowest BCUT2D eigenvalue weighted by atomic mass is 10.1. The molecular weight excluding hydrogens is 836 g/mol. The van der Waals surface area contributed by atoms with E-state index >= 15 is 0 Å². The van der Waals surface area contributed by atoms with Gasteiger partial charge in [-0.15, -0.1) is 0 Å². The number of hydrogen-bond acceptors (Lipinski definition) is 9. The number of imidazole rings is 2. The third kappa shape index (κ3) is 9.89. The first-order valence-corrected chi connectivity index (χ1v) is 20.1. The maximum absolute atomic E-state index is 13.5. The first-order chi connectivity index (χ1) is 29.8. The Morgan fingerprint density at radius 3 is 1.44 bits per heavy atom. The van der Waals surface area contributed by atoms with E-state index in [1.54, 1.807) is 55.1 Å². The Hall–Kier alpha value is -7.45. The molecule has 5 heterocycles. The Morgan fingerprint density at radius 1 is 0.492 bits per heavy atom. The molecule has 61 heavy (non-hydrogen) atoms. The van der Waals surface area contributed by atoms with Gasteiger partial charge in [-0.1, -0.05) is 60.7 Å². The van der Waals surface area contributed by atoms with Crippen LogP contribution in [0.5, 0.6) is 0 Å². The van der Waals surface area contributed by atoms with Crippen molar-refractivity contribution in [3.63, 3.8) is 0 Å². The van der Waals surface area contributed by atoms with Crippen LogP contribution in [0.25, 0.3) is 45.7 Å². The molecule has 4 aromatic carbocycles. The van der Waals surface area contributed by atoms with Crippen molar-refractivity contribution in [3.05, 3.63) is 198 Å². The average molecular weight is 875 g/mol. The van der Waals surface area contributed by atoms with E-state index in [-0.39, 0.29) is 23.7 Å². The maximum atomic E-state index is 13.5. The average Bonchev–Trinajstić information content (AvgIpc) is 3.93. The van der Waals surface area contributed by atoms with Crippen molar-refractivity contribution in [1.82, 2.24) is 44.0 Å². The third-order valence-electron chi connectivity index (χ3n) is 9.63. The molecule has 11 nitrogen and oxygen atoms in total. The van der Waals surface area contributed by atoms with E-state index < -0.39 is 0 Å². The largest absolute Gasteiger partial charge is 0.348 e. The summed E-state index contributed by atoms with van der Waals surface area (Å²) in [5.74, 6) is 3.07. The Kier molecular flexibility index (Phi) is 12.3. The smallest absolute Gasteiger partial charge is 0.225 e. The van der Waals surface area contributed by atoms with Crippen molar-refractivity contribution in [2.24, 2.45) is 0 Å². The zero-order valence-electron chi connectivity index (χ0n) is 33.0. The van der Waals surface area contributed by atoms with E-state index in [1.807, 2.05) is 76.1 Å². The zero-order chi connectivity index (χ0) is 42.1. The van der Waals surface area contributed by atoms with Crippen molar-refractivity contribution in [3.8, 4) is 45.7 Å². The number of anilines is 2. The molecule has 9 rings (SSSR count). The highest BCUT2D eigenvalue weighted by Gasteiger charge is 2.17. The molecule has 0 aliphatic heterocycles. The molecule has 9 aromatic rings. The van der Waals surface area contributed by atoms with Gasteiger partial charge in [0.15, 0.2) is 0 Å². The van der Waals surface area contributed by atoms with Gasteiger partial charge in [0.2, 0.25) is 11.9 Å². The van der Waals surface area contributed by atoms with Crippen LogP contribution in [-0.4, -0.2) is 44.0 Å². The molecule has 0 aliphatic carbocycles. The number of pyridine rings is 1. The molecule has 0 unspecified atom stereocenters. The number of benzene rings is 4. The monoisotopic (exact) mass is 873 g/mol. The van der Waals surface area contributed by atoms with E-state index in [2.05, 4.69) is 89.6 Å². The van der Waals surface area contributed by atoms with Gasteiger partial charge in [0.25, 0.3) is 0 Å². The second-order valence-corrected chi connectivity index (χ2v) is 14.7. The van der Waals surface area contributed by atoms with Gasteiger partial charge in [0.1, 0.15) is 39.5 Å². The standard InChI is InChI=1S/C26H21FN6.C21H17BrFN5/c1-18(19-5-3-2-4-6-19)30-26-29-16-13-24(32-26)33-17-23(20-11-14-28-15-12-20)31-25(33)21-7-9-22(27)10-8-21;1-14(15-5-3-2-4-6-15)25-21-24-12-11-19(27-21)28-13-18(22)26-20(28)16-7-9-17(23)10-8-16/h2-18H,1H3,(H,29,30,32);2-14H,1H3,(H,24,25,27)/t18-;14-/m00/s1. The van der Waals surface area contributed by atoms with Gasteiger partial charge in [0.05, 0.1) is 17.8 Å². The molecule has 0 amide bonds. The summed E-state index contributed by atoms with van der Waals surface area (Å²) in [5, 5.41) is 6.68. The van der Waals surface area contributed by atoms with Crippen LogP contribution >= 0.6 is 15.9 Å². The summed E-state index contributed by atoms with van der Waals surface area (Å²) in [6.07, 6.45) is 10.6. The lowest BCUT2D eigenvalue weighted by Crippen LogP contribution is -2.10. The summed E-state index contributed by atoms with van der Waals surface area (Å²) in [6.45, 7) is 4.12. The highest BCUT2D eigenvalue weighted by molar-refractivity contribution is 9.10. The van der Waals surface area contributed by atoms with Crippen LogP contribution in [0.15, 0.2) is 175 Å². The second kappa shape index (κ2) is 18.6. The molecule has 0 radical (unpaired) electrons. The van der Waals surface area contributed by atoms with E-state index in [0.717, 1.165) is 33.5 Å². The van der Waals surface area contributed by atoms with Crippen LogP contribution in [0.1, 0.15) is 37.1 Å². The van der Waals surface area contributed by atoms with Gasteiger partial charge >= 0.3 is 0 Å². The minimum absolute atomic E-state index is 0.0354. The summed E-state index contributed by atoms with van der Waals surface area (Å²) in [6, 6.07) is 40.2. The van der Waals surface area contributed by atoms with E-state index in [1.165, 1.54) is 24.3 Å². The number of nitrogens with one attached hydrogen (secondary N) is 2. The van der Waals surface area contributed by atoms with E-state index in [9.17, 15) is 8.78 Å². The highest BCUT2D eigenvalue weighted by Crippen LogP contribution is 2.29. The number of halogens is 3. The quantitative estimate of drug-likeness (QED) is 0.131. The Morgan fingerprint density at radius 2 is 0.951 bits per heavy atom. The molecule has 2 N–H and O–H groups in total. The number of aromatic nitrogens is 9. The zero-order valence-corrected chi connectivity index (χ0v) is 34.6. The van der Waals surface area contributed by atoms with Crippen molar-refractivity contribution in [1.29, 1.82) is 0 Å². The van der Waals surface area contributed by atoms with Crippen LogP contribution in [0, 0.1) is 11.6 Å². The predicted octanol–water partition coefficient (Wildman–Crippen LogP) is 11.1. The van der Waals surface area contributed by atoms with E-state index in [0.29, 0.717) is 39.8 Å². The highest BCUT2D eigenvalue weighted by atomic mass is 79.9. The lowest BCUT2D eigenvalue weighted by molar-refractivity contribution is 0.627. The SMILES string of the molecule is C[C@H](Nc1nccc(-n2cc(-c3ccncc3)nc2-c2ccc(F)cc2)n1)c1ccccc1.C[C@H](Nc1nccc(-n2cc(Br)nc2-c2ccc(F)cc2)n1)c1ccccc1. The normalized spacial score (nSPS) is 11.9. The summed E-state index contributed by atoms with van der Waals surface area (Å²) >= 11 is 3.42. The molecule has 302 valence electrons. The van der Waals surface area contributed by atoms with Crippen molar-refractivity contribution >= 4 is 27.8 Å². The Bertz CT molecular complexity index is 2820. The fourth-order valence-electron chi connectivity index (χ4n) is 6.49. The van der Waals surface area contributed by atoms with E-state index in [4.69, 9.17) is 9.97 Å². The van der Waals surface area contributed by atoms with Gasteiger partial charge in [-0.3, -0.25) is 14.1 Å². The van der Waals surface area contributed by atoms with Crippen LogP contribution < -0.4 is 10.6 Å². The Labute approximate surface area is 359 Å². The van der Waals surface area contributed by atoms with Gasteiger partial charge in [-0.25, -0.2) is 28.7 Å². The topological polar surface area (TPSA) is 124 Å². The molecule has 5 aromatic heterocycles. The van der Waals surface area contributed by atoms with Crippen LogP contribution in [0.2, 0.25) is 0 Å². The lowest BCUT2D eigenvalue weighted by Gasteiger charge is -2.15. The first kappa shape index (κ1) is 40.3. The third-order valence-corrected chi connectivity index (χ3v) is 10.0. The molecule has 0 aliphatic rings. The van der Waals surface area contributed by atoms with Crippen molar-refractivity contribution in [2.75, 3.05) is 10.6 Å². The van der Waals surface area contributed by atoms with Gasteiger partial charge in [-0.05, 0) is 114 Å². The second-order valence-electron chi connectivity index (χ2n) is 13.9. The van der Waals surface area contributed by atoms with Gasteiger partial charge < -0.3 is 10.6 Å².